The van der Waals surface area contributed by atoms with Gasteiger partial charge in [-0.05, 0) is 36.8 Å². The highest BCUT2D eigenvalue weighted by Gasteiger charge is 2.18. The van der Waals surface area contributed by atoms with Crippen LogP contribution in [0.15, 0.2) is 52.4 Å². The van der Waals surface area contributed by atoms with Gasteiger partial charge in [-0.25, -0.2) is 9.37 Å². The fourth-order valence-corrected chi connectivity index (χ4v) is 5.47. The predicted octanol–water partition coefficient (Wildman–Crippen LogP) is 4.99. The number of fused-ring (bicyclic) bond motifs is 2. The van der Waals surface area contributed by atoms with Crippen LogP contribution in [0.5, 0.6) is 11.5 Å². The third-order valence-corrected chi connectivity index (χ3v) is 7.09. The molecule has 0 fully saturated rings. The number of aryl methyl sites for hydroxylation is 1. The van der Waals surface area contributed by atoms with Gasteiger partial charge in [0.15, 0.2) is 16.7 Å². The molecule has 2 aromatic carbocycles. The van der Waals surface area contributed by atoms with Crippen LogP contribution in [0.3, 0.4) is 0 Å². The summed E-state index contributed by atoms with van der Waals surface area (Å²) in [5.41, 5.74) is 1.81. The first-order valence-electron chi connectivity index (χ1n) is 10.6. The van der Waals surface area contributed by atoms with E-state index in [-0.39, 0.29) is 23.0 Å². The van der Waals surface area contributed by atoms with Crippen LogP contribution in [0.1, 0.15) is 11.3 Å². The van der Waals surface area contributed by atoms with Crippen LogP contribution < -0.4 is 20.3 Å². The standard InChI is InChI=1S/C24H20FN3O4S2/c1-13-20(14-3-5-15(25)6-4-14)21-22(30)27-24(28-23(21)34-13)33-12-19(29)26-16-7-8-17-18(11-16)32-10-2-9-31-17/h3-8,11H,2,9-10,12H2,1H3,(H,26,29)(H,27,28,30). The van der Waals surface area contributed by atoms with Gasteiger partial charge in [-0.2, -0.15) is 0 Å². The van der Waals surface area contributed by atoms with E-state index >= 15 is 0 Å². The van der Waals surface area contributed by atoms with E-state index in [1.807, 2.05) is 6.92 Å². The van der Waals surface area contributed by atoms with Crippen molar-refractivity contribution in [3.05, 3.63) is 63.5 Å². The molecular weight excluding hydrogens is 477 g/mol. The maximum absolute atomic E-state index is 13.3. The molecular formula is C24H20FN3O4S2. The number of H-pyrrole nitrogens is 1. The largest absolute Gasteiger partial charge is 0.490 e. The second-order valence-electron chi connectivity index (χ2n) is 7.64. The summed E-state index contributed by atoms with van der Waals surface area (Å²) >= 11 is 2.54. The van der Waals surface area contributed by atoms with Crippen molar-refractivity contribution in [3.63, 3.8) is 0 Å². The SMILES string of the molecule is Cc1sc2nc(SCC(=O)Nc3ccc4c(c3)OCCCO4)[nH]c(=O)c2c1-c1ccc(F)cc1. The molecule has 1 amide bonds. The average Bonchev–Trinajstić information content (AvgIpc) is 2.99. The number of halogens is 1. The first-order valence-corrected chi connectivity index (χ1v) is 12.4. The number of amides is 1. The minimum Gasteiger partial charge on any atom is -0.490 e. The van der Waals surface area contributed by atoms with E-state index in [1.54, 1.807) is 30.3 Å². The van der Waals surface area contributed by atoms with Crippen molar-refractivity contribution < 1.29 is 18.7 Å². The number of rotatable bonds is 5. The zero-order valence-electron chi connectivity index (χ0n) is 18.1. The number of hydrogen-bond donors (Lipinski definition) is 2. The van der Waals surface area contributed by atoms with E-state index in [2.05, 4.69) is 15.3 Å². The molecule has 0 bridgehead atoms. The summed E-state index contributed by atoms with van der Waals surface area (Å²) in [6.45, 7) is 3.06. The minimum absolute atomic E-state index is 0.0675. The number of ether oxygens (including phenoxy) is 2. The second-order valence-corrected chi connectivity index (χ2v) is 9.81. The number of anilines is 1. The van der Waals surface area contributed by atoms with Crippen molar-refractivity contribution in [3.8, 4) is 22.6 Å². The van der Waals surface area contributed by atoms with Gasteiger partial charge in [0.2, 0.25) is 5.91 Å². The quantitative estimate of drug-likeness (QED) is 0.298. The molecule has 0 atom stereocenters. The Bertz CT molecular complexity index is 1430. The molecule has 0 unspecified atom stereocenters. The Labute approximate surface area is 202 Å². The zero-order valence-corrected chi connectivity index (χ0v) is 19.8. The monoisotopic (exact) mass is 497 g/mol. The van der Waals surface area contributed by atoms with Crippen LogP contribution in [0.4, 0.5) is 10.1 Å². The third kappa shape index (κ3) is 4.64. The van der Waals surface area contributed by atoms with Crippen LogP contribution in [-0.4, -0.2) is 34.8 Å². The molecule has 0 aliphatic carbocycles. The highest BCUT2D eigenvalue weighted by atomic mass is 32.2. The summed E-state index contributed by atoms with van der Waals surface area (Å²) in [6.07, 6.45) is 0.803. The second kappa shape index (κ2) is 9.47. The Morgan fingerprint density at radius 2 is 1.94 bits per heavy atom. The summed E-state index contributed by atoms with van der Waals surface area (Å²) in [7, 11) is 0. The Hall–Kier alpha value is -3.37. The molecule has 174 valence electrons. The average molecular weight is 498 g/mol. The molecule has 0 spiro atoms. The van der Waals surface area contributed by atoms with Crippen molar-refractivity contribution in [2.45, 2.75) is 18.5 Å². The van der Waals surface area contributed by atoms with Crippen molar-refractivity contribution in [2.75, 3.05) is 24.3 Å². The molecule has 4 aromatic rings. The molecule has 34 heavy (non-hydrogen) atoms. The molecule has 0 saturated heterocycles. The van der Waals surface area contributed by atoms with Crippen molar-refractivity contribution in [2.24, 2.45) is 0 Å². The van der Waals surface area contributed by atoms with Crippen LogP contribution >= 0.6 is 23.1 Å². The van der Waals surface area contributed by atoms with Crippen LogP contribution in [0, 0.1) is 12.7 Å². The van der Waals surface area contributed by atoms with Gasteiger partial charge < -0.3 is 19.8 Å². The molecule has 5 rings (SSSR count). The summed E-state index contributed by atoms with van der Waals surface area (Å²) in [6, 6.07) is 11.3. The first kappa shape index (κ1) is 22.4. The predicted molar refractivity (Wildman–Crippen MR) is 132 cm³/mol. The number of nitrogens with one attached hydrogen (secondary N) is 2. The normalized spacial score (nSPS) is 13.0. The van der Waals surface area contributed by atoms with Gasteiger partial charge in [0, 0.05) is 28.6 Å². The van der Waals surface area contributed by atoms with Gasteiger partial charge in [0.25, 0.3) is 5.56 Å². The maximum atomic E-state index is 13.3. The summed E-state index contributed by atoms with van der Waals surface area (Å²) < 4.78 is 24.6. The van der Waals surface area contributed by atoms with Gasteiger partial charge in [-0.15, -0.1) is 11.3 Å². The smallest absolute Gasteiger partial charge is 0.260 e. The lowest BCUT2D eigenvalue weighted by atomic mass is 10.0. The number of hydrogen-bond acceptors (Lipinski definition) is 7. The minimum atomic E-state index is -0.336. The summed E-state index contributed by atoms with van der Waals surface area (Å²) in [4.78, 5) is 34.2. The number of thioether (sulfide) groups is 1. The van der Waals surface area contributed by atoms with Crippen molar-refractivity contribution in [1.82, 2.24) is 9.97 Å². The van der Waals surface area contributed by atoms with E-state index in [4.69, 9.17) is 9.47 Å². The number of aromatic amines is 1. The topological polar surface area (TPSA) is 93.3 Å². The highest BCUT2D eigenvalue weighted by Crippen LogP contribution is 2.36. The lowest BCUT2D eigenvalue weighted by Crippen LogP contribution is -2.15. The number of nitrogens with zero attached hydrogens (tertiary/aromatic N) is 1. The molecule has 1 aliphatic heterocycles. The van der Waals surface area contributed by atoms with E-state index in [0.29, 0.717) is 45.8 Å². The van der Waals surface area contributed by atoms with E-state index in [1.165, 1.54) is 23.5 Å². The molecule has 1 aliphatic rings. The number of thiophene rings is 1. The number of benzene rings is 2. The Kier molecular flexibility index (Phi) is 6.25. The van der Waals surface area contributed by atoms with E-state index in [9.17, 15) is 14.0 Å². The Balaban J connectivity index is 1.31. The molecule has 3 heterocycles. The Morgan fingerprint density at radius 1 is 1.18 bits per heavy atom. The zero-order chi connectivity index (χ0) is 23.7. The fraction of sp³-hybridized carbons (Fsp3) is 0.208. The van der Waals surface area contributed by atoms with Crippen molar-refractivity contribution >= 4 is 44.9 Å². The van der Waals surface area contributed by atoms with Crippen LogP contribution in [-0.2, 0) is 4.79 Å². The number of aromatic nitrogens is 2. The highest BCUT2D eigenvalue weighted by molar-refractivity contribution is 7.99. The summed E-state index contributed by atoms with van der Waals surface area (Å²) in [5, 5.41) is 3.66. The lowest BCUT2D eigenvalue weighted by molar-refractivity contribution is -0.113. The van der Waals surface area contributed by atoms with Gasteiger partial charge in [0.1, 0.15) is 10.6 Å². The fourth-order valence-electron chi connectivity index (χ4n) is 3.70. The van der Waals surface area contributed by atoms with E-state index < -0.39 is 0 Å². The van der Waals surface area contributed by atoms with Gasteiger partial charge in [0.05, 0.1) is 24.4 Å². The third-order valence-electron chi connectivity index (χ3n) is 5.22. The first-order chi connectivity index (χ1) is 16.5. The number of carbonyl (C=O) groups excluding carboxylic acids is 1. The van der Waals surface area contributed by atoms with Crippen LogP contribution in [0.25, 0.3) is 21.3 Å². The number of carbonyl (C=O) groups is 1. The van der Waals surface area contributed by atoms with Gasteiger partial charge >= 0.3 is 0 Å². The van der Waals surface area contributed by atoms with Crippen LogP contribution in [0.2, 0.25) is 0 Å². The summed E-state index contributed by atoms with van der Waals surface area (Å²) in [5.74, 6) is 0.752. The molecule has 0 saturated carbocycles. The molecule has 7 nitrogen and oxygen atoms in total. The molecule has 10 heteroatoms. The van der Waals surface area contributed by atoms with E-state index in [0.717, 1.165) is 34.2 Å². The maximum Gasteiger partial charge on any atom is 0.260 e. The molecule has 2 N–H and O–H groups in total. The van der Waals surface area contributed by atoms with Crippen molar-refractivity contribution in [1.29, 1.82) is 0 Å². The molecule has 0 radical (unpaired) electrons. The lowest BCUT2D eigenvalue weighted by Gasteiger charge is -2.10. The van der Waals surface area contributed by atoms with Gasteiger partial charge in [-0.3, -0.25) is 9.59 Å². The Morgan fingerprint density at radius 3 is 2.74 bits per heavy atom. The molecule has 2 aromatic heterocycles. The van der Waals surface area contributed by atoms with Gasteiger partial charge in [-0.1, -0.05) is 23.9 Å².